The number of rotatable bonds is 2. The van der Waals surface area contributed by atoms with Gasteiger partial charge >= 0.3 is 0 Å². The number of aromatic amines is 1. The topological polar surface area (TPSA) is 49.0 Å². The monoisotopic (exact) mass is 241 g/mol. The van der Waals surface area contributed by atoms with Crippen molar-refractivity contribution in [3.05, 3.63) is 53.9 Å². The highest BCUT2D eigenvalue weighted by atomic mass is 16.2. The lowest BCUT2D eigenvalue weighted by Gasteiger charge is -2.16. The van der Waals surface area contributed by atoms with Crippen LogP contribution in [0.25, 0.3) is 0 Å². The molecule has 1 aromatic heterocycles. The third kappa shape index (κ3) is 2.01. The van der Waals surface area contributed by atoms with E-state index in [1.165, 1.54) is 0 Å². The number of nitrogens with one attached hydrogen (secondary N) is 1. The molecule has 1 amide bonds. The van der Waals surface area contributed by atoms with Crippen LogP contribution in [0.5, 0.6) is 0 Å². The largest absolute Gasteiger partial charge is 0.338 e. The van der Waals surface area contributed by atoms with Gasteiger partial charge in [0.25, 0.3) is 5.91 Å². The van der Waals surface area contributed by atoms with E-state index in [4.69, 9.17) is 0 Å². The Morgan fingerprint density at radius 3 is 2.83 bits per heavy atom. The summed E-state index contributed by atoms with van der Waals surface area (Å²) in [5, 5.41) is 6.96. The molecule has 4 nitrogen and oxygen atoms in total. The first-order chi connectivity index (χ1) is 8.84. The fourth-order valence-electron chi connectivity index (χ4n) is 2.46. The van der Waals surface area contributed by atoms with Crippen molar-refractivity contribution in [2.45, 2.75) is 12.3 Å². The summed E-state index contributed by atoms with van der Waals surface area (Å²) in [6.45, 7) is 1.59. The molecule has 0 bridgehead atoms. The third-order valence-corrected chi connectivity index (χ3v) is 3.46. The molecular formula is C14H15N3O. The van der Waals surface area contributed by atoms with Crippen molar-refractivity contribution in [2.24, 2.45) is 0 Å². The van der Waals surface area contributed by atoms with Gasteiger partial charge in [-0.3, -0.25) is 9.89 Å². The van der Waals surface area contributed by atoms with Gasteiger partial charge in [0.1, 0.15) is 0 Å². The number of benzene rings is 1. The van der Waals surface area contributed by atoms with Crippen molar-refractivity contribution < 1.29 is 4.79 Å². The summed E-state index contributed by atoms with van der Waals surface area (Å²) in [6.07, 6.45) is 2.76. The fraction of sp³-hybridized carbons (Fsp3) is 0.286. The van der Waals surface area contributed by atoms with Gasteiger partial charge in [0.2, 0.25) is 0 Å². The third-order valence-electron chi connectivity index (χ3n) is 3.46. The maximum Gasteiger partial charge on any atom is 0.253 e. The highest BCUT2D eigenvalue weighted by Crippen LogP contribution is 2.26. The van der Waals surface area contributed by atoms with Gasteiger partial charge in [0.05, 0.1) is 0 Å². The molecule has 18 heavy (non-hydrogen) atoms. The molecule has 0 spiro atoms. The molecule has 1 aliphatic rings. The second kappa shape index (κ2) is 4.64. The molecule has 1 fully saturated rings. The number of amides is 1. The van der Waals surface area contributed by atoms with Gasteiger partial charge in [0, 0.05) is 36.5 Å². The molecule has 92 valence electrons. The zero-order chi connectivity index (χ0) is 12.4. The van der Waals surface area contributed by atoms with Crippen LogP contribution in [0.4, 0.5) is 0 Å². The lowest BCUT2D eigenvalue weighted by Crippen LogP contribution is -2.28. The van der Waals surface area contributed by atoms with E-state index >= 15 is 0 Å². The molecule has 1 aromatic carbocycles. The molecule has 1 N–H and O–H groups in total. The summed E-state index contributed by atoms with van der Waals surface area (Å²) >= 11 is 0. The van der Waals surface area contributed by atoms with E-state index in [9.17, 15) is 4.79 Å². The van der Waals surface area contributed by atoms with Gasteiger partial charge in [-0.25, -0.2) is 0 Å². The van der Waals surface area contributed by atoms with Gasteiger partial charge in [-0.2, -0.15) is 5.10 Å². The zero-order valence-corrected chi connectivity index (χ0v) is 10.0. The Labute approximate surface area is 106 Å². The lowest BCUT2D eigenvalue weighted by molar-refractivity contribution is 0.0790. The first kappa shape index (κ1) is 11.0. The summed E-state index contributed by atoms with van der Waals surface area (Å²) in [6, 6.07) is 11.4. The predicted octanol–water partition coefficient (Wildman–Crippen LogP) is 2.04. The maximum atomic E-state index is 12.3. The first-order valence-corrected chi connectivity index (χ1v) is 6.18. The minimum Gasteiger partial charge on any atom is -0.338 e. The standard InChI is InChI=1S/C14H15N3O/c18-14(11-4-2-1-3-5-11)17-9-7-12(10-17)13-6-8-15-16-13/h1-6,8,12H,7,9-10H2,(H,15,16)/t12-/m0/s1. The van der Waals surface area contributed by atoms with Crippen LogP contribution in [0.2, 0.25) is 0 Å². The molecule has 1 atom stereocenters. The van der Waals surface area contributed by atoms with Crippen LogP contribution in [0.1, 0.15) is 28.4 Å². The van der Waals surface area contributed by atoms with Crippen molar-refractivity contribution in [3.8, 4) is 0 Å². The average molecular weight is 241 g/mol. The lowest BCUT2D eigenvalue weighted by atomic mass is 10.1. The van der Waals surface area contributed by atoms with Gasteiger partial charge in [-0.05, 0) is 24.6 Å². The molecule has 0 saturated carbocycles. The zero-order valence-electron chi connectivity index (χ0n) is 10.0. The van der Waals surface area contributed by atoms with Crippen molar-refractivity contribution in [1.82, 2.24) is 15.1 Å². The number of H-pyrrole nitrogens is 1. The molecule has 1 aliphatic heterocycles. The minimum absolute atomic E-state index is 0.123. The second-order valence-electron chi connectivity index (χ2n) is 4.61. The summed E-state index contributed by atoms with van der Waals surface area (Å²) < 4.78 is 0. The number of aromatic nitrogens is 2. The molecule has 4 heteroatoms. The fourth-order valence-corrected chi connectivity index (χ4v) is 2.46. The average Bonchev–Trinajstić information content (AvgIpc) is 3.09. The molecule has 2 aromatic rings. The normalized spacial score (nSPS) is 19.1. The number of hydrogen-bond donors (Lipinski definition) is 1. The summed E-state index contributed by atoms with van der Waals surface area (Å²) in [4.78, 5) is 14.2. The smallest absolute Gasteiger partial charge is 0.253 e. The SMILES string of the molecule is O=C(c1ccccc1)N1CC[C@H](c2ccn[nH]2)C1. The molecule has 0 radical (unpaired) electrons. The van der Waals surface area contributed by atoms with Crippen LogP contribution in [-0.4, -0.2) is 34.1 Å². The van der Waals surface area contributed by atoms with Gasteiger partial charge in [0.15, 0.2) is 0 Å². The van der Waals surface area contributed by atoms with E-state index in [0.717, 1.165) is 30.8 Å². The number of likely N-dealkylation sites (tertiary alicyclic amines) is 1. The Bertz CT molecular complexity index is 521. The van der Waals surface area contributed by atoms with E-state index in [2.05, 4.69) is 10.2 Å². The minimum atomic E-state index is 0.123. The highest BCUT2D eigenvalue weighted by molar-refractivity contribution is 5.94. The van der Waals surface area contributed by atoms with Crippen LogP contribution in [0.15, 0.2) is 42.6 Å². The van der Waals surface area contributed by atoms with Gasteiger partial charge in [-0.1, -0.05) is 18.2 Å². The first-order valence-electron chi connectivity index (χ1n) is 6.18. The van der Waals surface area contributed by atoms with Gasteiger partial charge < -0.3 is 4.90 Å². The van der Waals surface area contributed by atoms with Crippen molar-refractivity contribution in [3.63, 3.8) is 0 Å². The summed E-state index contributed by atoms with van der Waals surface area (Å²) in [5.74, 6) is 0.512. The van der Waals surface area contributed by atoms with Crippen LogP contribution in [0, 0.1) is 0 Å². The summed E-state index contributed by atoms with van der Waals surface area (Å²) in [5.41, 5.74) is 1.89. The predicted molar refractivity (Wildman–Crippen MR) is 68.3 cm³/mol. The Kier molecular flexibility index (Phi) is 2.84. The highest BCUT2D eigenvalue weighted by Gasteiger charge is 2.28. The van der Waals surface area contributed by atoms with E-state index in [-0.39, 0.29) is 5.91 Å². The van der Waals surface area contributed by atoms with Crippen LogP contribution < -0.4 is 0 Å². The van der Waals surface area contributed by atoms with Crippen LogP contribution in [-0.2, 0) is 0 Å². The number of hydrogen-bond acceptors (Lipinski definition) is 2. The van der Waals surface area contributed by atoms with Crippen molar-refractivity contribution in [2.75, 3.05) is 13.1 Å². The number of carbonyl (C=O) groups is 1. The molecule has 3 rings (SSSR count). The Balaban J connectivity index is 1.71. The quantitative estimate of drug-likeness (QED) is 0.874. The molecule has 0 aliphatic carbocycles. The molecule has 1 saturated heterocycles. The second-order valence-corrected chi connectivity index (χ2v) is 4.61. The maximum absolute atomic E-state index is 12.3. The van der Waals surface area contributed by atoms with Crippen molar-refractivity contribution in [1.29, 1.82) is 0 Å². The van der Waals surface area contributed by atoms with E-state index in [0.29, 0.717) is 5.92 Å². The van der Waals surface area contributed by atoms with Crippen molar-refractivity contribution >= 4 is 5.91 Å². The van der Waals surface area contributed by atoms with Crippen LogP contribution in [0.3, 0.4) is 0 Å². The van der Waals surface area contributed by atoms with Gasteiger partial charge in [-0.15, -0.1) is 0 Å². The Morgan fingerprint density at radius 1 is 1.28 bits per heavy atom. The van der Waals surface area contributed by atoms with E-state index in [1.54, 1.807) is 6.20 Å². The molecule has 2 heterocycles. The Morgan fingerprint density at radius 2 is 2.11 bits per heavy atom. The number of carbonyl (C=O) groups excluding carboxylic acids is 1. The van der Waals surface area contributed by atoms with Crippen LogP contribution >= 0.6 is 0 Å². The summed E-state index contributed by atoms with van der Waals surface area (Å²) in [7, 11) is 0. The Hall–Kier alpha value is -2.10. The molecule has 0 unspecified atom stereocenters. The van der Waals surface area contributed by atoms with E-state index < -0.39 is 0 Å². The molecular weight excluding hydrogens is 226 g/mol. The van der Waals surface area contributed by atoms with E-state index in [1.807, 2.05) is 41.3 Å². The number of nitrogens with zero attached hydrogens (tertiary/aromatic N) is 2.